The molecule has 0 spiro atoms. The number of hydrogen-bond acceptors (Lipinski definition) is 5. The first-order valence-corrected chi connectivity index (χ1v) is 6.57. The second kappa shape index (κ2) is 5.72. The number of methoxy groups -OCH3 is 1. The predicted octanol–water partition coefficient (Wildman–Crippen LogP) is 3.47. The summed E-state index contributed by atoms with van der Waals surface area (Å²) in [6.07, 6.45) is 1.05. The van der Waals surface area contributed by atoms with E-state index in [9.17, 15) is 4.79 Å². The number of rotatable bonds is 4. The molecule has 1 aromatic rings. The van der Waals surface area contributed by atoms with Crippen molar-refractivity contribution in [1.82, 2.24) is 4.98 Å². The zero-order valence-electron chi connectivity index (χ0n) is 8.74. The Labute approximate surface area is 102 Å². The van der Waals surface area contributed by atoms with Gasteiger partial charge in [-0.1, -0.05) is 48.5 Å². The van der Waals surface area contributed by atoms with Crippen molar-refractivity contribution in [3.8, 4) is 0 Å². The summed E-state index contributed by atoms with van der Waals surface area (Å²) < 4.78 is 5.41. The van der Waals surface area contributed by atoms with E-state index in [1.807, 2.05) is 0 Å². The second-order valence-electron chi connectivity index (χ2n) is 2.93. The standard InChI is InChI=1S/C9H12ClNO2S2/c1-4-5(2)14-9-11-7(10)6(15-9)8(12)13-3/h5H,4H2,1-3H3. The minimum atomic E-state index is -0.423. The maximum atomic E-state index is 11.3. The normalized spacial score (nSPS) is 12.5. The third-order valence-corrected chi connectivity index (χ3v) is 4.60. The molecule has 0 N–H and O–H groups in total. The van der Waals surface area contributed by atoms with E-state index in [1.165, 1.54) is 18.4 Å². The van der Waals surface area contributed by atoms with Crippen molar-refractivity contribution in [2.24, 2.45) is 0 Å². The summed E-state index contributed by atoms with van der Waals surface area (Å²) >= 11 is 8.73. The molecule has 0 amide bonds. The molecule has 1 unspecified atom stereocenters. The van der Waals surface area contributed by atoms with Crippen molar-refractivity contribution in [3.63, 3.8) is 0 Å². The summed E-state index contributed by atoms with van der Waals surface area (Å²) in [5, 5.41) is 0.704. The predicted molar refractivity (Wildman–Crippen MR) is 64.1 cm³/mol. The van der Waals surface area contributed by atoms with E-state index in [-0.39, 0.29) is 5.15 Å². The molecule has 6 heteroatoms. The van der Waals surface area contributed by atoms with Crippen LogP contribution in [0.1, 0.15) is 29.9 Å². The first-order chi connectivity index (χ1) is 7.08. The summed E-state index contributed by atoms with van der Waals surface area (Å²) in [4.78, 5) is 15.8. The number of ether oxygens (including phenoxy) is 1. The Balaban J connectivity index is 2.81. The Morgan fingerprint density at radius 2 is 2.40 bits per heavy atom. The maximum Gasteiger partial charge on any atom is 0.351 e. The number of nitrogens with zero attached hydrogens (tertiary/aromatic N) is 1. The second-order valence-corrected chi connectivity index (χ2v) is 5.97. The van der Waals surface area contributed by atoms with Gasteiger partial charge < -0.3 is 4.74 Å². The molecule has 0 aliphatic heterocycles. The topological polar surface area (TPSA) is 39.2 Å². The molecule has 15 heavy (non-hydrogen) atoms. The average molecular weight is 266 g/mol. The fourth-order valence-electron chi connectivity index (χ4n) is 0.808. The minimum Gasteiger partial charge on any atom is -0.465 e. The van der Waals surface area contributed by atoms with Gasteiger partial charge in [-0.2, -0.15) is 0 Å². The molecule has 0 saturated heterocycles. The van der Waals surface area contributed by atoms with E-state index >= 15 is 0 Å². The summed E-state index contributed by atoms with van der Waals surface area (Å²) in [6, 6.07) is 0. The van der Waals surface area contributed by atoms with Crippen molar-refractivity contribution in [1.29, 1.82) is 0 Å². The van der Waals surface area contributed by atoms with Crippen LogP contribution in [-0.2, 0) is 4.74 Å². The number of halogens is 1. The van der Waals surface area contributed by atoms with Crippen LogP contribution in [0.4, 0.5) is 0 Å². The van der Waals surface area contributed by atoms with Gasteiger partial charge in [0.15, 0.2) is 14.4 Å². The minimum absolute atomic E-state index is 0.234. The Hall–Kier alpha value is -0.260. The van der Waals surface area contributed by atoms with Crippen LogP contribution in [0.2, 0.25) is 5.15 Å². The highest BCUT2D eigenvalue weighted by Crippen LogP contribution is 2.33. The molecule has 0 fully saturated rings. The van der Waals surface area contributed by atoms with Crippen LogP contribution in [0.3, 0.4) is 0 Å². The number of esters is 1. The van der Waals surface area contributed by atoms with E-state index in [0.717, 1.165) is 10.8 Å². The van der Waals surface area contributed by atoms with Gasteiger partial charge in [0.25, 0.3) is 0 Å². The highest BCUT2D eigenvalue weighted by atomic mass is 35.5. The molecular formula is C9H12ClNO2S2. The molecule has 1 heterocycles. The van der Waals surface area contributed by atoms with Crippen LogP contribution in [0.15, 0.2) is 4.34 Å². The molecule has 0 aliphatic carbocycles. The van der Waals surface area contributed by atoms with Crippen molar-refractivity contribution in [2.45, 2.75) is 29.9 Å². The molecule has 0 radical (unpaired) electrons. The summed E-state index contributed by atoms with van der Waals surface area (Å²) in [6.45, 7) is 4.21. The van der Waals surface area contributed by atoms with E-state index in [0.29, 0.717) is 10.1 Å². The largest absolute Gasteiger partial charge is 0.465 e. The lowest BCUT2D eigenvalue weighted by Gasteiger charge is -2.02. The molecular weight excluding hydrogens is 254 g/mol. The zero-order chi connectivity index (χ0) is 11.4. The van der Waals surface area contributed by atoms with E-state index in [2.05, 4.69) is 23.6 Å². The molecule has 0 bridgehead atoms. The average Bonchev–Trinajstić information content (AvgIpc) is 2.58. The number of aromatic nitrogens is 1. The van der Waals surface area contributed by atoms with Crippen molar-refractivity contribution in [3.05, 3.63) is 10.0 Å². The molecule has 1 atom stereocenters. The molecule has 0 aromatic carbocycles. The SMILES string of the molecule is CCC(C)Sc1nc(Cl)c(C(=O)OC)s1. The Bertz CT molecular complexity index is 354. The third-order valence-electron chi connectivity index (χ3n) is 1.81. The Kier molecular flexibility index (Phi) is 4.89. The summed E-state index contributed by atoms with van der Waals surface area (Å²) in [7, 11) is 1.33. The highest BCUT2D eigenvalue weighted by molar-refractivity contribution is 8.01. The number of carbonyl (C=O) groups is 1. The van der Waals surface area contributed by atoms with Crippen LogP contribution >= 0.6 is 34.7 Å². The van der Waals surface area contributed by atoms with Crippen LogP contribution in [0.25, 0.3) is 0 Å². The van der Waals surface area contributed by atoms with Gasteiger partial charge in [0.2, 0.25) is 0 Å². The number of thioether (sulfide) groups is 1. The smallest absolute Gasteiger partial charge is 0.351 e. The van der Waals surface area contributed by atoms with Crippen LogP contribution in [-0.4, -0.2) is 23.3 Å². The lowest BCUT2D eigenvalue weighted by molar-refractivity contribution is 0.0606. The molecule has 0 saturated carbocycles. The van der Waals surface area contributed by atoms with Crippen LogP contribution in [0, 0.1) is 0 Å². The van der Waals surface area contributed by atoms with Crippen LogP contribution < -0.4 is 0 Å². The molecule has 1 rings (SSSR count). The van der Waals surface area contributed by atoms with Gasteiger partial charge in [0.1, 0.15) is 0 Å². The molecule has 84 valence electrons. The monoisotopic (exact) mass is 265 g/mol. The van der Waals surface area contributed by atoms with E-state index in [4.69, 9.17) is 11.6 Å². The zero-order valence-corrected chi connectivity index (χ0v) is 11.1. The highest BCUT2D eigenvalue weighted by Gasteiger charge is 2.18. The number of thiazole rings is 1. The molecule has 3 nitrogen and oxygen atoms in total. The lowest BCUT2D eigenvalue weighted by atomic mass is 10.4. The molecule has 1 aromatic heterocycles. The Morgan fingerprint density at radius 1 is 1.73 bits per heavy atom. The number of carbonyl (C=O) groups excluding carboxylic acids is 1. The van der Waals surface area contributed by atoms with Crippen molar-refractivity contribution >= 4 is 40.7 Å². The maximum absolute atomic E-state index is 11.3. The Morgan fingerprint density at radius 3 is 2.93 bits per heavy atom. The first kappa shape index (κ1) is 12.8. The van der Waals surface area contributed by atoms with Gasteiger partial charge in [0, 0.05) is 5.25 Å². The van der Waals surface area contributed by atoms with Crippen molar-refractivity contribution < 1.29 is 9.53 Å². The van der Waals surface area contributed by atoms with Gasteiger partial charge in [-0.3, -0.25) is 0 Å². The van der Waals surface area contributed by atoms with Gasteiger partial charge in [0.05, 0.1) is 7.11 Å². The van der Waals surface area contributed by atoms with Gasteiger partial charge in [-0.05, 0) is 6.42 Å². The fraction of sp³-hybridized carbons (Fsp3) is 0.556. The van der Waals surface area contributed by atoms with Gasteiger partial charge in [-0.25, -0.2) is 9.78 Å². The lowest BCUT2D eigenvalue weighted by Crippen LogP contribution is -1.98. The first-order valence-electron chi connectivity index (χ1n) is 4.49. The van der Waals surface area contributed by atoms with Crippen LogP contribution in [0.5, 0.6) is 0 Å². The quantitative estimate of drug-likeness (QED) is 0.617. The molecule has 0 aliphatic rings. The van der Waals surface area contributed by atoms with Crippen molar-refractivity contribution in [2.75, 3.05) is 7.11 Å². The van der Waals surface area contributed by atoms with Gasteiger partial charge >= 0.3 is 5.97 Å². The van der Waals surface area contributed by atoms with E-state index in [1.54, 1.807) is 11.8 Å². The summed E-state index contributed by atoms with van der Waals surface area (Å²) in [5.41, 5.74) is 0. The van der Waals surface area contributed by atoms with E-state index < -0.39 is 5.97 Å². The number of hydrogen-bond donors (Lipinski definition) is 0. The fourth-order valence-corrected chi connectivity index (χ4v) is 3.38. The summed E-state index contributed by atoms with van der Waals surface area (Å²) in [5.74, 6) is -0.423. The van der Waals surface area contributed by atoms with Gasteiger partial charge in [-0.15, -0.1) is 0 Å². The third kappa shape index (κ3) is 3.36.